The van der Waals surface area contributed by atoms with E-state index >= 15 is 0 Å². The summed E-state index contributed by atoms with van der Waals surface area (Å²) in [6.07, 6.45) is 0. The summed E-state index contributed by atoms with van der Waals surface area (Å²) in [6.45, 7) is 3.62. The minimum absolute atomic E-state index is 0.00805. The molecule has 7 nitrogen and oxygen atoms in total. The molecule has 0 bridgehead atoms. The maximum Gasteiger partial charge on any atom is 0.290 e. The number of aromatic hydroxyl groups is 1. The number of carbonyl (C=O) groups excluding carboxylic acids is 1. The van der Waals surface area contributed by atoms with Crippen LogP contribution in [0.15, 0.2) is 39.5 Å². The van der Waals surface area contributed by atoms with Crippen molar-refractivity contribution in [1.82, 2.24) is 4.90 Å². The Hall–Kier alpha value is -3.03. The molecule has 1 amide bonds. The predicted octanol–water partition coefficient (Wildman–Crippen LogP) is 3.40. The minimum Gasteiger partial charge on any atom is -0.504 e. The summed E-state index contributed by atoms with van der Waals surface area (Å²) in [5.41, 5.74) is 1.37. The van der Waals surface area contributed by atoms with E-state index in [0.717, 1.165) is 5.56 Å². The lowest BCUT2D eigenvalue weighted by Crippen LogP contribution is -2.32. The summed E-state index contributed by atoms with van der Waals surface area (Å²) in [6, 6.07) is 7.02. The van der Waals surface area contributed by atoms with Crippen LogP contribution in [0.25, 0.3) is 11.0 Å². The lowest BCUT2D eigenvalue weighted by atomic mass is 9.98. The number of aliphatic hydroxyl groups excluding tert-OH is 1. The van der Waals surface area contributed by atoms with Crippen molar-refractivity contribution in [1.29, 1.82) is 0 Å². The molecule has 2 heterocycles. The van der Waals surface area contributed by atoms with Gasteiger partial charge in [-0.2, -0.15) is 0 Å². The molecule has 4 rings (SSSR count). The van der Waals surface area contributed by atoms with Crippen LogP contribution in [0, 0.1) is 6.92 Å². The first-order valence-corrected chi connectivity index (χ1v) is 9.89. The zero-order chi connectivity index (χ0) is 21.6. The first-order chi connectivity index (χ1) is 14.4. The Morgan fingerprint density at radius 1 is 1.23 bits per heavy atom. The number of ether oxygens (including phenoxy) is 1. The quantitative estimate of drug-likeness (QED) is 0.644. The van der Waals surface area contributed by atoms with Crippen molar-refractivity contribution in [2.75, 3.05) is 19.8 Å². The average Bonchev–Trinajstić information content (AvgIpc) is 2.98. The number of phenols is 1. The average molecular weight is 430 g/mol. The molecule has 8 heteroatoms. The van der Waals surface area contributed by atoms with Gasteiger partial charge in [0.05, 0.1) is 30.2 Å². The smallest absolute Gasteiger partial charge is 0.290 e. The van der Waals surface area contributed by atoms with E-state index in [1.807, 2.05) is 0 Å². The molecule has 0 unspecified atom stereocenters. The number of carbonyl (C=O) groups is 1. The Morgan fingerprint density at radius 2 is 2.00 bits per heavy atom. The number of phenolic OH excluding ortho intramolecular Hbond substituents is 1. The molecule has 2 aromatic carbocycles. The monoisotopic (exact) mass is 429 g/mol. The van der Waals surface area contributed by atoms with Crippen LogP contribution in [0.4, 0.5) is 0 Å². The van der Waals surface area contributed by atoms with Crippen molar-refractivity contribution < 1.29 is 24.2 Å². The van der Waals surface area contributed by atoms with Crippen LogP contribution in [-0.2, 0) is 0 Å². The molecule has 2 N–H and O–H groups in total. The second-order valence-corrected chi connectivity index (χ2v) is 7.46. The van der Waals surface area contributed by atoms with Gasteiger partial charge in [0.1, 0.15) is 5.58 Å². The number of β-amino-alcohol motifs (C(OH)–C–C–N with tert-alkyl or cyclic N) is 1. The van der Waals surface area contributed by atoms with E-state index in [1.165, 1.54) is 17.0 Å². The largest absolute Gasteiger partial charge is 0.504 e. The van der Waals surface area contributed by atoms with Crippen molar-refractivity contribution in [3.05, 3.63) is 68.0 Å². The van der Waals surface area contributed by atoms with Gasteiger partial charge in [0, 0.05) is 11.6 Å². The Morgan fingerprint density at radius 3 is 2.70 bits per heavy atom. The van der Waals surface area contributed by atoms with Crippen LogP contribution in [-0.4, -0.2) is 40.8 Å². The number of benzene rings is 2. The Balaban J connectivity index is 1.99. The number of halogens is 1. The zero-order valence-electron chi connectivity index (χ0n) is 16.4. The van der Waals surface area contributed by atoms with E-state index in [-0.39, 0.29) is 52.4 Å². The molecule has 0 saturated carbocycles. The standard InChI is InChI=1S/C22H20ClNO6/c1-3-29-17-9-12(4-5-15(17)26)19-18-20(27)13-10-14(23)11(2)8-16(13)30-21(18)22(28)24(19)6-7-25/h4-5,8-10,19,25-26H,3,6-7H2,1-2H3/t19-/m0/s1. The molecule has 156 valence electrons. The van der Waals surface area contributed by atoms with Gasteiger partial charge in [-0.05, 0) is 49.2 Å². The van der Waals surface area contributed by atoms with Gasteiger partial charge in [0.2, 0.25) is 5.76 Å². The van der Waals surface area contributed by atoms with Crippen LogP contribution >= 0.6 is 11.6 Å². The molecule has 0 fully saturated rings. The highest BCUT2D eigenvalue weighted by Gasteiger charge is 2.42. The third-order valence-corrected chi connectivity index (χ3v) is 5.59. The molecular weight excluding hydrogens is 410 g/mol. The zero-order valence-corrected chi connectivity index (χ0v) is 17.2. The summed E-state index contributed by atoms with van der Waals surface area (Å²) in [4.78, 5) is 27.9. The number of rotatable bonds is 5. The Labute approximate surface area is 177 Å². The van der Waals surface area contributed by atoms with E-state index in [9.17, 15) is 19.8 Å². The molecule has 1 atom stereocenters. The number of aryl methyl sites for hydroxylation is 1. The normalized spacial score (nSPS) is 15.7. The Bertz CT molecular complexity index is 1220. The second-order valence-electron chi connectivity index (χ2n) is 7.06. The van der Waals surface area contributed by atoms with Gasteiger partial charge in [-0.15, -0.1) is 0 Å². The first-order valence-electron chi connectivity index (χ1n) is 9.51. The number of hydrogen-bond donors (Lipinski definition) is 2. The number of hydrogen-bond acceptors (Lipinski definition) is 6. The number of nitrogens with zero attached hydrogens (tertiary/aromatic N) is 1. The Kier molecular flexibility index (Phi) is 5.17. The third-order valence-electron chi connectivity index (χ3n) is 5.19. The van der Waals surface area contributed by atoms with Gasteiger partial charge >= 0.3 is 0 Å². The van der Waals surface area contributed by atoms with Crippen LogP contribution in [0.3, 0.4) is 0 Å². The fourth-order valence-electron chi connectivity index (χ4n) is 3.80. The van der Waals surface area contributed by atoms with E-state index in [0.29, 0.717) is 17.2 Å². The second kappa shape index (κ2) is 7.66. The summed E-state index contributed by atoms with van der Waals surface area (Å²) in [5.74, 6) is -0.351. The van der Waals surface area contributed by atoms with Crippen LogP contribution in [0.2, 0.25) is 5.02 Å². The molecule has 30 heavy (non-hydrogen) atoms. The fourth-order valence-corrected chi connectivity index (χ4v) is 3.96. The van der Waals surface area contributed by atoms with Crippen molar-refractivity contribution in [2.24, 2.45) is 0 Å². The van der Waals surface area contributed by atoms with Crippen LogP contribution in [0.5, 0.6) is 11.5 Å². The van der Waals surface area contributed by atoms with Gasteiger partial charge < -0.3 is 24.3 Å². The molecule has 1 aliphatic heterocycles. The maximum absolute atomic E-state index is 13.4. The molecule has 1 aliphatic rings. The number of amides is 1. The van der Waals surface area contributed by atoms with Gasteiger partial charge in [-0.3, -0.25) is 9.59 Å². The van der Waals surface area contributed by atoms with E-state index < -0.39 is 11.9 Å². The van der Waals surface area contributed by atoms with Crippen LogP contribution in [0.1, 0.15) is 40.2 Å². The maximum atomic E-state index is 13.4. The highest BCUT2D eigenvalue weighted by molar-refractivity contribution is 6.32. The van der Waals surface area contributed by atoms with Crippen molar-refractivity contribution in [3.63, 3.8) is 0 Å². The van der Waals surface area contributed by atoms with Crippen molar-refractivity contribution in [2.45, 2.75) is 19.9 Å². The summed E-state index contributed by atoms with van der Waals surface area (Å²) in [7, 11) is 0. The summed E-state index contributed by atoms with van der Waals surface area (Å²) < 4.78 is 11.3. The molecule has 0 saturated heterocycles. The lowest BCUT2D eigenvalue weighted by Gasteiger charge is -2.24. The van der Waals surface area contributed by atoms with Gasteiger partial charge in [-0.25, -0.2) is 0 Å². The van der Waals surface area contributed by atoms with Crippen LogP contribution < -0.4 is 10.2 Å². The van der Waals surface area contributed by atoms with E-state index in [1.54, 1.807) is 32.0 Å². The van der Waals surface area contributed by atoms with Crippen molar-refractivity contribution in [3.8, 4) is 11.5 Å². The van der Waals surface area contributed by atoms with E-state index in [4.69, 9.17) is 20.8 Å². The SMILES string of the molecule is CCOc1cc([C@H]2c3c(oc4cc(C)c(Cl)cc4c3=O)C(=O)N2CCO)ccc1O. The highest BCUT2D eigenvalue weighted by Crippen LogP contribution is 2.40. The number of fused-ring (bicyclic) bond motifs is 2. The predicted molar refractivity (Wildman–Crippen MR) is 111 cm³/mol. The molecule has 0 spiro atoms. The third kappa shape index (κ3) is 3.11. The molecular formula is C22H20ClNO6. The molecule has 0 aliphatic carbocycles. The van der Waals surface area contributed by atoms with Gasteiger partial charge in [0.15, 0.2) is 16.9 Å². The molecule has 1 aromatic heterocycles. The van der Waals surface area contributed by atoms with Gasteiger partial charge in [0.25, 0.3) is 5.91 Å². The first kappa shape index (κ1) is 20.3. The molecule has 3 aromatic rings. The topological polar surface area (TPSA) is 100 Å². The van der Waals surface area contributed by atoms with E-state index in [2.05, 4.69) is 0 Å². The van der Waals surface area contributed by atoms with Gasteiger partial charge in [-0.1, -0.05) is 17.7 Å². The molecule has 0 radical (unpaired) electrons. The highest BCUT2D eigenvalue weighted by atomic mass is 35.5. The summed E-state index contributed by atoms with van der Waals surface area (Å²) in [5, 5.41) is 20.3. The lowest BCUT2D eigenvalue weighted by molar-refractivity contribution is 0.0691. The number of aliphatic hydroxyl groups is 1. The van der Waals surface area contributed by atoms with Crippen molar-refractivity contribution >= 4 is 28.5 Å². The minimum atomic E-state index is -0.791. The fraction of sp³-hybridized carbons (Fsp3) is 0.273. The summed E-state index contributed by atoms with van der Waals surface area (Å²) >= 11 is 6.21.